The minimum absolute atomic E-state index is 0.0976. The van der Waals surface area contributed by atoms with Crippen LogP contribution in [0.4, 0.5) is 4.79 Å². The molecule has 2 amide bonds. The van der Waals surface area contributed by atoms with Gasteiger partial charge in [-0.05, 0) is 23.6 Å². The summed E-state index contributed by atoms with van der Waals surface area (Å²) in [6.45, 7) is 8.07. The summed E-state index contributed by atoms with van der Waals surface area (Å²) in [5.41, 5.74) is 3.35. The predicted molar refractivity (Wildman–Crippen MR) is 112 cm³/mol. The number of rotatable bonds is 8. The smallest absolute Gasteiger partial charge is 0.318 e. The summed E-state index contributed by atoms with van der Waals surface area (Å²) in [7, 11) is 0. The number of imidazole rings is 1. The molecule has 0 atom stereocenters. The molecule has 0 radical (unpaired) electrons. The molecule has 0 aliphatic carbocycles. The van der Waals surface area contributed by atoms with E-state index >= 15 is 0 Å². The maximum absolute atomic E-state index is 12.7. The number of nitrogens with zero attached hydrogens (tertiary/aromatic N) is 3. The van der Waals surface area contributed by atoms with Crippen LogP contribution in [-0.2, 0) is 19.6 Å². The second-order valence-electron chi connectivity index (χ2n) is 6.74. The third-order valence-electron chi connectivity index (χ3n) is 4.56. The van der Waals surface area contributed by atoms with Crippen molar-refractivity contribution in [2.24, 2.45) is 0 Å². The summed E-state index contributed by atoms with van der Waals surface area (Å²) in [6, 6.07) is 18.1. The number of benzene rings is 2. The molecule has 0 aliphatic rings. The molecule has 144 valence electrons. The molecule has 0 aliphatic heterocycles. The summed E-state index contributed by atoms with van der Waals surface area (Å²) in [5.74, 6) is 0.986. The number of carbonyl (C=O) groups excluding carboxylic acids is 1. The van der Waals surface area contributed by atoms with Crippen molar-refractivity contribution < 1.29 is 4.79 Å². The Morgan fingerprint density at radius 1 is 1.14 bits per heavy atom. The van der Waals surface area contributed by atoms with Crippen molar-refractivity contribution in [3.05, 3.63) is 102 Å². The van der Waals surface area contributed by atoms with Crippen LogP contribution in [0.2, 0.25) is 0 Å². The zero-order valence-electron chi connectivity index (χ0n) is 16.2. The molecule has 1 heterocycles. The van der Waals surface area contributed by atoms with Crippen LogP contribution in [0.25, 0.3) is 0 Å². The fourth-order valence-electron chi connectivity index (χ4n) is 3.07. The highest BCUT2D eigenvalue weighted by molar-refractivity contribution is 5.74. The quantitative estimate of drug-likeness (QED) is 0.603. The Morgan fingerprint density at radius 3 is 2.61 bits per heavy atom. The van der Waals surface area contributed by atoms with E-state index in [4.69, 9.17) is 0 Å². The van der Waals surface area contributed by atoms with Gasteiger partial charge in [-0.25, -0.2) is 9.78 Å². The van der Waals surface area contributed by atoms with Crippen molar-refractivity contribution >= 4 is 6.03 Å². The highest BCUT2D eigenvalue weighted by Crippen LogP contribution is 2.10. The largest absolute Gasteiger partial charge is 0.334 e. The molecule has 0 saturated carbocycles. The Bertz CT molecular complexity index is 917. The van der Waals surface area contributed by atoms with Crippen LogP contribution in [0.1, 0.15) is 22.5 Å². The van der Waals surface area contributed by atoms with Gasteiger partial charge in [0.1, 0.15) is 5.82 Å². The maximum Gasteiger partial charge on any atom is 0.318 e. The van der Waals surface area contributed by atoms with Crippen LogP contribution in [0.15, 0.2) is 79.6 Å². The molecule has 2 aromatic carbocycles. The lowest BCUT2D eigenvalue weighted by Gasteiger charge is -2.22. The fourth-order valence-corrected chi connectivity index (χ4v) is 3.07. The standard InChI is InChI=1S/C23H26N4O/c1-3-13-27(17-20-8-5-4-6-9-20)23(28)25-16-21-10-7-11-22(15-21)18-26-14-12-24-19(26)2/h3-12,14-15H,1,13,16-18H2,2H3,(H,25,28). The van der Waals surface area contributed by atoms with E-state index in [1.165, 1.54) is 5.56 Å². The number of amides is 2. The van der Waals surface area contributed by atoms with E-state index in [1.807, 2.05) is 55.6 Å². The Labute approximate surface area is 166 Å². The second kappa shape index (κ2) is 9.55. The fraction of sp³-hybridized carbons (Fsp3) is 0.217. The maximum atomic E-state index is 12.7. The molecule has 0 spiro atoms. The first-order valence-corrected chi connectivity index (χ1v) is 9.39. The first-order valence-electron chi connectivity index (χ1n) is 9.39. The van der Waals surface area contributed by atoms with E-state index in [9.17, 15) is 4.79 Å². The van der Waals surface area contributed by atoms with Crippen molar-refractivity contribution in [3.63, 3.8) is 0 Å². The SMILES string of the molecule is C=CCN(Cc1ccccc1)C(=O)NCc1cccc(Cn2ccnc2C)c1. The van der Waals surface area contributed by atoms with Crippen molar-refractivity contribution in [2.75, 3.05) is 6.54 Å². The van der Waals surface area contributed by atoms with Gasteiger partial charge in [0.2, 0.25) is 0 Å². The monoisotopic (exact) mass is 374 g/mol. The molecule has 0 bridgehead atoms. The lowest BCUT2D eigenvalue weighted by atomic mass is 10.1. The van der Waals surface area contributed by atoms with Crippen LogP contribution in [0.3, 0.4) is 0 Å². The topological polar surface area (TPSA) is 50.2 Å². The number of hydrogen-bond acceptors (Lipinski definition) is 2. The van der Waals surface area contributed by atoms with Crippen LogP contribution < -0.4 is 5.32 Å². The highest BCUT2D eigenvalue weighted by atomic mass is 16.2. The third-order valence-corrected chi connectivity index (χ3v) is 4.56. The molecule has 28 heavy (non-hydrogen) atoms. The number of carbonyl (C=O) groups is 1. The summed E-state index contributed by atoms with van der Waals surface area (Å²) in [4.78, 5) is 18.7. The van der Waals surface area contributed by atoms with Crippen LogP contribution in [0.5, 0.6) is 0 Å². The summed E-state index contributed by atoms with van der Waals surface area (Å²) < 4.78 is 2.10. The summed E-state index contributed by atoms with van der Waals surface area (Å²) >= 11 is 0. The highest BCUT2D eigenvalue weighted by Gasteiger charge is 2.12. The van der Waals surface area contributed by atoms with Gasteiger partial charge in [-0.15, -0.1) is 6.58 Å². The number of hydrogen-bond donors (Lipinski definition) is 1. The third kappa shape index (κ3) is 5.33. The van der Waals surface area contributed by atoms with Crippen molar-refractivity contribution in [1.82, 2.24) is 19.8 Å². The lowest BCUT2D eigenvalue weighted by Crippen LogP contribution is -2.39. The zero-order chi connectivity index (χ0) is 19.8. The number of nitrogens with one attached hydrogen (secondary N) is 1. The van der Waals surface area contributed by atoms with Gasteiger partial charge in [-0.1, -0.05) is 60.7 Å². The van der Waals surface area contributed by atoms with Gasteiger partial charge in [-0.2, -0.15) is 0 Å². The van der Waals surface area contributed by atoms with E-state index in [2.05, 4.69) is 33.6 Å². The van der Waals surface area contributed by atoms with Gasteiger partial charge >= 0.3 is 6.03 Å². The first kappa shape index (κ1) is 19.4. The minimum atomic E-state index is -0.0976. The van der Waals surface area contributed by atoms with E-state index in [1.54, 1.807) is 17.2 Å². The van der Waals surface area contributed by atoms with Gasteiger partial charge in [0.25, 0.3) is 0 Å². The molecule has 3 rings (SSSR count). The molecular weight excluding hydrogens is 348 g/mol. The van der Waals surface area contributed by atoms with Gasteiger partial charge in [0.15, 0.2) is 0 Å². The predicted octanol–water partition coefficient (Wildman–Crippen LogP) is 4.14. The van der Waals surface area contributed by atoms with Gasteiger partial charge in [0, 0.05) is 38.6 Å². The Balaban J connectivity index is 1.60. The second-order valence-corrected chi connectivity index (χ2v) is 6.74. The van der Waals surface area contributed by atoms with E-state index in [0.717, 1.165) is 23.5 Å². The van der Waals surface area contributed by atoms with Gasteiger partial charge in [-0.3, -0.25) is 0 Å². The molecule has 0 unspecified atom stereocenters. The van der Waals surface area contributed by atoms with E-state index in [-0.39, 0.29) is 6.03 Å². The molecule has 1 N–H and O–H groups in total. The first-order chi connectivity index (χ1) is 13.7. The van der Waals surface area contributed by atoms with Crippen LogP contribution in [-0.4, -0.2) is 27.0 Å². The molecular formula is C23H26N4O. The van der Waals surface area contributed by atoms with Crippen molar-refractivity contribution in [3.8, 4) is 0 Å². The van der Waals surface area contributed by atoms with Crippen LogP contribution >= 0.6 is 0 Å². The molecule has 0 saturated heterocycles. The Hall–Kier alpha value is -3.34. The summed E-state index contributed by atoms with van der Waals surface area (Å²) in [6.07, 6.45) is 5.53. The summed E-state index contributed by atoms with van der Waals surface area (Å²) in [5, 5.41) is 3.02. The Kier molecular flexibility index (Phi) is 6.63. The molecule has 1 aromatic heterocycles. The number of aromatic nitrogens is 2. The number of urea groups is 1. The van der Waals surface area contributed by atoms with Crippen LogP contribution in [0, 0.1) is 6.92 Å². The van der Waals surface area contributed by atoms with Gasteiger partial charge < -0.3 is 14.8 Å². The molecule has 3 aromatic rings. The average molecular weight is 374 g/mol. The number of aryl methyl sites for hydroxylation is 1. The van der Waals surface area contributed by atoms with Crippen molar-refractivity contribution in [1.29, 1.82) is 0 Å². The zero-order valence-corrected chi connectivity index (χ0v) is 16.2. The molecule has 5 nitrogen and oxygen atoms in total. The van der Waals surface area contributed by atoms with Gasteiger partial charge in [0.05, 0.1) is 0 Å². The molecule has 5 heteroatoms. The lowest BCUT2D eigenvalue weighted by molar-refractivity contribution is 0.200. The minimum Gasteiger partial charge on any atom is -0.334 e. The Morgan fingerprint density at radius 2 is 1.89 bits per heavy atom. The normalized spacial score (nSPS) is 10.5. The van der Waals surface area contributed by atoms with Crippen molar-refractivity contribution in [2.45, 2.75) is 26.6 Å². The average Bonchev–Trinajstić information content (AvgIpc) is 3.11. The van der Waals surface area contributed by atoms with E-state index < -0.39 is 0 Å². The molecule has 0 fully saturated rings. The van der Waals surface area contributed by atoms with E-state index in [0.29, 0.717) is 19.6 Å².